The Kier molecular flexibility index (Phi) is 8.91. The van der Waals surface area contributed by atoms with Crippen LogP contribution in [0, 0.1) is 5.92 Å². The highest BCUT2D eigenvalue weighted by Gasteiger charge is 2.43. The number of hydrogen-bond donors (Lipinski definition) is 2. The number of furan rings is 1. The summed E-state index contributed by atoms with van der Waals surface area (Å²) in [7, 11) is 0. The number of likely N-dealkylation sites (tertiary alicyclic amines) is 1. The summed E-state index contributed by atoms with van der Waals surface area (Å²) < 4.78 is 45.6. The van der Waals surface area contributed by atoms with E-state index in [1.54, 1.807) is 0 Å². The number of nitrogens with zero attached hydrogens (tertiary/aromatic N) is 1. The first-order valence-corrected chi connectivity index (χ1v) is 11.7. The predicted octanol–water partition coefficient (Wildman–Crippen LogP) is 6.49. The van der Waals surface area contributed by atoms with Crippen LogP contribution in [0.25, 0.3) is 11.0 Å². The van der Waals surface area contributed by atoms with E-state index in [-0.39, 0.29) is 23.9 Å². The zero-order valence-corrected chi connectivity index (χ0v) is 20.5. The normalized spacial score (nSPS) is 22.6. The first-order valence-electron chi connectivity index (χ1n) is 11.7. The van der Waals surface area contributed by atoms with Gasteiger partial charge in [0.05, 0.1) is 17.4 Å². The van der Waals surface area contributed by atoms with E-state index in [0.29, 0.717) is 30.5 Å². The molecule has 2 aliphatic rings. The van der Waals surface area contributed by atoms with Crippen LogP contribution in [-0.4, -0.2) is 29.6 Å². The van der Waals surface area contributed by atoms with Crippen LogP contribution in [0.4, 0.5) is 13.2 Å². The molecule has 1 fully saturated rings. The molecule has 2 atom stereocenters. The molecule has 0 radical (unpaired) electrons. The van der Waals surface area contributed by atoms with Crippen molar-refractivity contribution in [2.24, 2.45) is 5.92 Å². The van der Waals surface area contributed by atoms with Crippen LogP contribution in [0.2, 0.25) is 0 Å². The number of halogens is 4. The van der Waals surface area contributed by atoms with E-state index in [4.69, 9.17) is 4.42 Å². The van der Waals surface area contributed by atoms with Crippen molar-refractivity contribution < 1.29 is 22.7 Å². The van der Waals surface area contributed by atoms with Crippen molar-refractivity contribution in [2.75, 3.05) is 19.6 Å². The Labute approximate surface area is 210 Å². The summed E-state index contributed by atoms with van der Waals surface area (Å²) in [6.45, 7) is 4.97. The van der Waals surface area contributed by atoms with Gasteiger partial charge < -0.3 is 14.8 Å². The second-order valence-electron chi connectivity index (χ2n) is 9.16. The van der Waals surface area contributed by atoms with E-state index < -0.39 is 17.3 Å². The Morgan fingerprint density at radius 1 is 1.17 bits per heavy atom. The fourth-order valence-electron chi connectivity index (χ4n) is 4.73. The van der Waals surface area contributed by atoms with Gasteiger partial charge in [-0.15, -0.1) is 12.4 Å². The average molecular weight is 509 g/mol. The number of nitrogens with one attached hydrogen (secondary N) is 1. The van der Waals surface area contributed by atoms with Crippen molar-refractivity contribution in [1.29, 1.82) is 0 Å². The third-order valence-electron chi connectivity index (χ3n) is 6.68. The number of fused-ring (bicyclic) bond motifs is 1. The number of piperidine rings is 1. The van der Waals surface area contributed by atoms with Crippen LogP contribution in [0.1, 0.15) is 42.9 Å². The largest absolute Gasteiger partial charge is 0.464 e. The molecule has 0 aliphatic carbocycles. The molecule has 0 saturated carbocycles. The lowest BCUT2D eigenvalue weighted by Crippen LogP contribution is -2.48. The highest BCUT2D eigenvalue weighted by molar-refractivity contribution is 5.85. The third kappa shape index (κ3) is 6.40. The molecule has 0 spiro atoms. The van der Waals surface area contributed by atoms with Crippen molar-refractivity contribution in [3.63, 3.8) is 0 Å². The molecule has 5 rings (SSSR count). The van der Waals surface area contributed by atoms with E-state index in [9.17, 15) is 18.3 Å². The first kappa shape index (κ1) is 27.1. The zero-order valence-electron chi connectivity index (χ0n) is 19.7. The molecule has 0 amide bonds. The fourth-order valence-corrected chi connectivity index (χ4v) is 4.73. The van der Waals surface area contributed by atoms with Crippen molar-refractivity contribution in [3.8, 4) is 0 Å². The number of alkyl halides is 3. The molecule has 2 aliphatic heterocycles. The molecule has 8 heteroatoms. The van der Waals surface area contributed by atoms with E-state index >= 15 is 0 Å². The molecule has 4 nitrogen and oxygen atoms in total. The van der Waals surface area contributed by atoms with Crippen LogP contribution in [0.3, 0.4) is 0 Å². The lowest BCUT2D eigenvalue weighted by Gasteiger charge is -2.43. The molecule has 2 unspecified atom stereocenters. The maximum Gasteiger partial charge on any atom is 0.416 e. The van der Waals surface area contributed by atoms with E-state index in [0.717, 1.165) is 25.2 Å². The third-order valence-corrected chi connectivity index (χ3v) is 6.68. The van der Waals surface area contributed by atoms with Gasteiger partial charge in [0.15, 0.2) is 0 Å². The van der Waals surface area contributed by atoms with Gasteiger partial charge in [0.2, 0.25) is 0 Å². The summed E-state index contributed by atoms with van der Waals surface area (Å²) in [5.41, 5.74) is -0.394. The summed E-state index contributed by atoms with van der Waals surface area (Å²) in [5.74, 6) is -0.248. The lowest BCUT2D eigenvalue weighted by atomic mass is 9.76. The van der Waals surface area contributed by atoms with Crippen LogP contribution in [0.5, 0.6) is 0 Å². The summed E-state index contributed by atoms with van der Waals surface area (Å²) in [6, 6.07) is 13.6. The molecule has 0 bridgehead atoms. The second kappa shape index (κ2) is 11.5. The maximum atomic E-state index is 13.4. The summed E-state index contributed by atoms with van der Waals surface area (Å²) in [6.07, 6.45) is 3.97. The molecule has 3 heterocycles. The average Bonchev–Trinajstić information content (AvgIpc) is 3.31. The number of allylic oxidation sites excluding steroid dienone is 1. The Bertz CT molecular complexity index is 1110. The van der Waals surface area contributed by atoms with Crippen molar-refractivity contribution >= 4 is 23.4 Å². The minimum absolute atomic E-state index is 0. The van der Waals surface area contributed by atoms with Gasteiger partial charge in [-0.05, 0) is 49.2 Å². The van der Waals surface area contributed by atoms with Crippen LogP contribution < -0.4 is 5.32 Å². The van der Waals surface area contributed by atoms with Gasteiger partial charge in [-0.1, -0.05) is 43.3 Å². The van der Waals surface area contributed by atoms with Crippen LogP contribution in [0.15, 0.2) is 71.5 Å². The van der Waals surface area contributed by atoms with Crippen LogP contribution >= 0.6 is 12.4 Å². The highest BCUT2D eigenvalue weighted by atomic mass is 35.5. The van der Waals surface area contributed by atoms with Gasteiger partial charge in [0, 0.05) is 43.0 Å². The lowest BCUT2D eigenvalue weighted by molar-refractivity contribution is -0.137. The molecule has 3 aromatic rings. The maximum absolute atomic E-state index is 13.4. The first-order chi connectivity index (χ1) is 16.3. The van der Waals surface area contributed by atoms with Gasteiger partial charge in [-0.2, -0.15) is 13.2 Å². The van der Waals surface area contributed by atoms with Crippen molar-refractivity contribution in [2.45, 2.75) is 44.5 Å². The Balaban J connectivity index is 0.000000429. The number of rotatable bonds is 3. The van der Waals surface area contributed by atoms with Crippen molar-refractivity contribution in [3.05, 3.63) is 83.8 Å². The Morgan fingerprint density at radius 3 is 2.51 bits per heavy atom. The number of aliphatic hydroxyl groups is 1. The standard InChI is InChI=1S/C22H22F3NO2.C5H9N.ClH/c1-15-13-26(14-16-5-3-2-4-6-16)9-8-21(15,27)19-12-18(22(23,24)25)11-17-7-10-28-20(17)19;1-2-4-6-5-3-1;/h2-7,10-12,15,27H,8-9,13-14H2,1H3;2,4,6H,1,3,5H2;1H. The SMILES string of the molecule is C1=CNCCC1.CC1CN(Cc2ccccc2)CCC1(O)c1cc(C(F)(F)F)cc2ccoc12.Cl. The smallest absolute Gasteiger partial charge is 0.416 e. The van der Waals surface area contributed by atoms with E-state index in [1.807, 2.05) is 43.5 Å². The zero-order chi connectivity index (χ0) is 24.2. The fraction of sp³-hybridized carbons (Fsp3) is 0.407. The molecule has 1 aromatic heterocycles. The monoisotopic (exact) mass is 508 g/mol. The molecule has 35 heavy (non-hydrogen) atoms. The molecule has 2 aromatic carbocycles. The number of hydrogen-bond acceptors (Lipinski definition) is 4. The minimum Gasteiger partial charge on any atom is -0.464 e. The Hall–Kier alpha value is -2.48. The molecule has 2 N–H and O–H groups in total. The van der Waals surface area contributed by atoms with Gasteiger partial charge >= 0.3 is 6.18 Å². The van der Waals surface area contributed by atoms with Crippen molar-refractivity contribution in [1.82, 2.24) is 10.2 Å². The van der Waals surface area contributed by atoms with Gasteiger partial charge in [-0.3, -0.25) is 4.90 Å². The van der Waals surface area contributed by atoms with Gasteiger partial charge in [-0.25, -0.2) is 0 Å². The molecule has 1 saturated heterocycles. The van der Waals surface area contributed by atoms with E-state index in [1.165, 1.54) is 30.7 Å². The van der Waals surface area contributed by atoms with Gasteiger partial charge in [0.1, 0.15) is 5.58 Å². The van der Waals surface area contributed by atoms with Crippen LogP contribution in [-0.2, 0) is 18.3 Å². The topological polar surface area (TPSA) is 48.6 Å². The number of benzene rings is 2. The predicted molar refractivity (Wildman–Crippen MR) is 134 cm³/mol. The summed E-state index contributed by atoms with van der Waals surface area (Å²) >= 11 is 0. The van der Waals surface area contributed by atoms with Gasteiger partial charge in [0.25, 0.3) is 0 Å². The molecule has 190 valence electrons. The molecular weight excluding hydrogens is 477 g/mol. The quantitative estimate of drug-likeness (QED) is 0.425. The highest BCUT2D eigenvalue weighted by Crippen LogP contribution is 2.43. The minimum atomic E-state index is -4.48. The van der Waals surface area contributed by atoms with E-state index in [2.05, 4.69) is 16.3 Å². The summed E-state index contributed by atoms with van der Waals surface area (Å²) in [5, 5.41) is 14.9. The summed E-state index contributed by atoms with van der Waals surface area (Å²) in [4.78, 5) is 2.22. The second-order valence-corrected chi connectivity index (χ2v) is 9.16. The molecular formula is C27H32ClF3N2O2. The Morgan fingerprint density at radius 2 is 1.94 bits per heavy atom.